The van der Waals surface area contributed by atoms with Crippen LogP contribution in [0.1, 0.15) is 32.3 Å². The predicted octanol–water partition coefficient (Wildman–Crippen LogP) is 3.87. The molecular formula is C20H23NO4. The van der Waals surface area contributed by atoms with Crippen LogP contribution in [0, 0.1) is 5.92 Å². The number of benzene rings is 2. The number of carboxylic acids is 1. The molecule has 2 atom stereocenters. The van der Waals surface area contributed by atoms with Crippen molar-refractivity contribution in [1.82, 2.24) is 4.90 Å². The lowest BCUT2D eigenvalue weighted by Crippen LogP contribution is -2.35. The molecule has 2 aromatic rings. The average Bonchev–Trinajstić information content (AvgIpc) is 2.98. The van der Waals surface area contributed by atoms with Gasteiger partial charge in [0.05, 0.1) is 5.92 Å². The number of carbonyl (C=O) groups excluding carboxylic acids is 1. The molecule has 5 nitrogen and oxygen atoms in total. The van der Waals surface area contributed by atoms with Gasteiger partial charge in [0.15, 0.2) is 0 Å². The van der Waals surface area contributed by atoms with Gasteiger partial charge < -0.3 is 14.7 Å². The molecule has 1 aliphatic heterocycles. The van der Waals surface area contributed by atoms with Crippen LogP contribution < -0.4 is 0 Å². The Kier molecular flexibility index (Phi) is 4.41. The number of carboxylic acid groups (broad SMARTS) is 1. The maximum Gasteiger partial charge on any atom is 0.410 e. The van der Waals surface area contributed by atoms with E-state index in [0.29, 0.717) is 6.54 Å². The first-order valence-corrected chi connectivity index (χ1v) is 8.44. The lowest BCUT2D eigenvalue weighted by Gasteiger charge is -2.24. The summed E-state index contributed by atoms with van der Waals surface area (Å²) in [6, 6.07) is 13.8. The number of hydrogen-bond donors (Lipinski definition) is 1. The third-order valence-electron chi connectivity index (χ3n) is 4.51. The van der Waals surface area contributed by atoms with Gasteiger partial charge in [-0.3, -0.25) is 4.79 Å². The lowest BCUT2D eigenvalue weighted by atomic mass is 9.86. The van der Waals surface area contributed by atoms with Crippen molar-refractivity contribution in [2.24, 2.45) is 5.92 Å². The first kappa shape index (κ1) is 17.3. The molecule has 25 heavy (non-hydrogen) atoms. The molecule has 0 unspecified atom stereocenters. The number of rotatable bonds is 2. The van der Waals surface area contributed by atoms with Crippen LogP contribution in [-0.2, 0) is 9.53 Å². The highest BCUT2D eigenvalue weighted by Gasteiger charge is 2.42. The summed E-state index contributed by atoms with van der Waals surface area (Å²) in [4.78, 5) is 25.7. The standard InChI is InChI=1S/C20H23NO4/c1-20(2,3)25-19(24)21-11-16(17(12-21)18(22)23)15-10-6-8-13-7-4-5-9-14(13)15/h4-10,16-17H,11-12H2,1-3H3,(H,22,23)/t16-,17-/m0/s1. The largest absolute Gasteiger partial charge is 0.481 e. The van der Waals surface area contributed by atoms with Crippen molar-refractivity contribution in [2.75, 3.05) is 13.1 Å². The maximum atomic E-state index is 12.4. The summed E-state index contributed by atoms with van der Waals surface area (Å²) in [6.07, 6.45) is -0.457. The number of likely N-dealkylation sites (tertiary alicyclic amines) is 1. The van der Waals surface area contributed by atoms with E-state index in [1.807, 2.05) is 42.5 Å². The molecule has 0 aromatic heterocycles. The van der Waals surface area contributed by atoms with Crippen LogP contribution in [0.4, 0.5) is 4.79 Å². The fourth-order valence-corrected chi connectivity index (χ4v) is 3.42. The lowest BCUT2D eigenvalue weighted by molar-refractivity contribution is -0.141. The minimum atomic E-state index is -0.885. The molecule has 3 rings (SSSR count). The molecule has 2 aromatic carbocycles. The van der Waals surface area contributed by atoms with Crippen molar-refractivity contribution in [3.05, 3.63) is 48.0 Å². The Bertz CT molecular complexity index is 803. The Morgan fingerprint density at radius 1 is 1.08 bits per heavy atom. The van der Waals surface area contributed by atoms with Gasteiger partial charge in [-0.05, 0) is 37.1 Å². The van der Waals surface area contributed by atoms with Crippen LogP contribution in [0.5, 0.6) is 0 Å². The maximum absolute atomic E-state index is 12.4. The summed E-state index contributed by atoms with van der Waals surface area (Å²) < 4.78 is 5.42. The van der Waals surface area contributed by atoms with Crippen LogP contribution in [-0.4, -0.2) is 40.8 Å². The monoisotopic (exact) mass is 341 g/mol. The highest BCUT2D eigenvalue weighted by Crippen LogP contribution is 2.37. The Morgan fingerprint density at radius 3 is 2.44 bits per heavy atom. The summed E-state index contributed by atoms with van der Waals surface area (Å²) in [5.41, 5.74) is 0.365. The molecule has 5 heteroatoms. The number of nitrogens with zero attached hydrogens (tertiary/aromatic N) is 1. The summed E-state index contributed by atoms with van der Waals surface area (Å²) in [5.74, 6) is -1.78. The number of hydrogen-bond acceptors (Lipinski definition) is 3. The van der Waals surface area contributed by atoms with E-state index in [0.717, 1.165) is 16.3 Å². The van der Waals surface area contributed by atoms with Crippen molar-refractivity contribution in [3.63, 3.8) is 0 Å². The van der Waals surface area contributed by atoms with Gasteiger partial charge in [-0.2, -0.15) is 0 Å². The molecule has 0 radical (unpaired) electrons. The summed E-state index contributed by atoms with van der Waals surface area (Å²) in [7, 11) is 0. The smallest absolute Gasteiger partial charge is 0.410 e. The second-order valence-corrected chi connectivity index (χ2v) is 7.50. The van der Waals surface area contributed by atoms with Crippen LogP contribution in [0.15, 0.2) is 42.5 Å². The second-order valence-electron chi connectivity index (χ2n) is 7.50. The third-order valence-corrected chi connectivity index (χ3v) is 4.51. The van der Waals surface area contributed by atoms with E-state index in [1.54, 1.807) is 20.8 Å². The predicted molar refractivity (Wildman–Crippen MR) is 95.6 cm³/mol. The Hall–Kier alpha value is -2.56. The van der Waals surface area contributed by atoms with E-state index in [9.17, 15) is 14.7 Å². The Labute approximate surface area is 147 Å². The fourth-order valence-electron chi connectivity index (χ4n) is 3.42. The number of ether oxygens (including phenoxy) is 1. The van der Waals surface area contributed by atoms with Gasteiger partial charge in [0, 0.05) is 19.0 Å². The minimum absolute atomic E-state index is 0.165. The first-order valence-electron chi connectivity index (χ1n) is 8.44. The van der Waals surface area contributed by atoms with E-state index in [-0.39, 0.29) is 12.5 Å². The van der Waals surface area contributed by atoms with Gasteiger partial charge in [-0.25, -0.2) is 4.79 Å². The van der Waals surface area contributed by atoms with Gasteiger partial charge in [0.25, 0.3) is 0 Å². The highest BCUT2D eigenvalue weighted by atomic mass is 16.6. The van der Waals surface area contributed by atoms with Crippen LogP contribution in [0.2, 0.25) is 0 Å². The molecule has 1 N–H and O–H groups in total. The zero-order chi connectivity index (χ0) is 18.2. The molecule has 1 saturated heterocycles. The summed E-state index contributed by atoms with van der Waals surface area (Å²) in [6.45, 7) is 5.92. The van der Waals surface area contributed by atoms with Crippen LogP contribution in [0.3, 0.4) is 0 Å². The quantitative estimate of drug-likeness (QED) is 0.900. The molecule has 0 aliphatic carbocycles. The first-order chi connectivity index (χ1) is 11.8. The van der Waals surface area contributed by atoms with Crippen molar-refractivity contribution in [1.29, 1.82) is 0 Å². The molecule has 0 saturated carbocycles. The molecule has 1 aliphatic rings. The zero-order valence-electron chi connectivity index (χ0n) is 14.7. The van der Waals surface area contributed by atoms with E-state index in [1.165, 1.54) is 4.90 Å². The molecule has 1 amide bonds. The van der Waals surface area contributed by atoms with E-state index < -0.39 is 23.6 Å². The normalized spacial score (nSPS) is 20.7. The zero-order valence-corrected chi connectivity index (χ0v) is 14.7. The highest BCUT2D eigenvalue weighted by molar-refractivity contribution is 5.87. The average molecular weight is 341 g/mol. The summed E-state index contributed by atoms with van der Waals surface area (Å²) in [5, 5.41) is 11.8. The van der Waals surface area contributed by atoms with E-state index in [2.05, 4.69) is 0 Å². The Balaban J connectivity index is 1.94. The topological polar surface area (TPSA) is 66.8 Å². The van der Waals surface area contributed by atoms with Crippen LogP contribution >= 0.6 is 0 Å². The van der Waals surface area contributed by atoms with Crippen molar-refractivity contribution in [3.8, 4) is 0 Å². The number of aliphatic carboxylic acids is 1. The third kappa shape index (κ3) is 3.60. The molecular weight excluding hydrogens is 318 g/mol. The van der Waals surface area contributed by atoms with Crippen LogP contribution in [0.25, 0.3) is 10.8 Å². The van der Waals surface area contributed by atoms with Gasteiger partial charge in [0.1, 0.15) is 5.60 Å². The van der Waals surface area contributed by atoms with Gasteiger partial charge in [-0.1, -0.05) is 42.5 Å². The SMILES string of the molecule is CC(C)(C)OC(=O)N1C[C@H](C(=O)O)[C@H](c2cccc3ccccc23)C1. The van der Waals surface area contributed by atoms with Gasteiger partial charge >= 0.3 is 12.1 Å². The van der Waals surface area contributed by atoms with Gasteiger partial charge in [0.2, 0.25) is 0 Å². The second kappa shape index (κ2) is 6.39. The molecule has 1 heterocycles. The van der Waals surface area contributed by atoms with E-state index in [4.69, 9.17) is 4.74 Å². The molecule has 0 spiro atoms. The van der Waals surface area contributed by atoms with Crippen molar-refractivity contribution in [2.45, 2.75) is 32.3 Å². The number of carbonyl (C=O) groups is 2. The van der Waals surface area contributed by atoms with Crippen molar-refractivity contribution >= 4 is 22.8 Å². The molecule has 1 fully saturated rings. The minimum Gasteiger partial charge on any atom is -0.481 e. The van der Waals surface area contributed by atoms with Crippen molar-refractivity contribution < 1.29 is 19.4 Å². The molecule has 132 valence electrons. The van der Waals surface area contributed by atoms with Gasteiger partial charge in [-0.15, -0.1) is 0 Å². The summed E-state index contributed by atoms with van der Waals surface area (Å²) >= 11 is 0. The fraction of sp³-hybridized carbons (Fsp3) is 0.400. The number of fused-ring (bicyclic) bond motifs is 1. The molecule has 0 bridgehead atoms. The Morgan fingerprint density at radius 2 is 1.76 bits per heavy atom. The van der Waals surface area contributed by atoms with E-state index >= 15 is 0 Å². The number of amides is 1.